The summed E-state index contributed by atoms with van der Waals surface area (Å²) in [5.74, 6) is 1.85. The van der Waals surface area contributed by atoms with Crippen LogP contribution in [0.3, 0.4) is 0 Å². The summed E-state index contributed by atoms with van der Waals surface area (Å²) in [7, 11) is 3.86. The molecule has 1 aliphatic heterocycles. The summed E-state index contributed by atoms with van der Waals surface area (Å²) < 4.78 is 7.18. The van der Waals surface area contributed by atoms with Crippen molar-refractivity contribution in [2.24, 2.45) is 0 Å². The van der Waals surface area contributed by atoms with Crippen LogP contribution in [0.15, 0.2) is 29.2 Å². The van der Waals surface area contributed by atoms with Gasteiger partial charge in [0, 0.05) is 32.3 Å². The molecule has 4 rings (SSSR count). The standard InChI is InChI=1S/C17H22N6O2/c1-22(2)15-7-8-18-17(20-15)19-13-9-25-10-14(13)23-16(24)6-5-12(21-23)11-3-4-11/h5-8,11,13-14H,3-4,9-10H2,1-2H3,(H,18,19,20). The van der Waals surface area contributed by atoms with Crippen LogP contribution in [0, 0.1) is 0 Å². The van der Waals surface area contributed by atoms with Gasteiger partial charge in [-0.05, 0) is 25.0 Å². The first kappa shape index (κ1) is 16.0. The SMILES string of the molecule is CN(C)c1ccnc(NC2COCC2n2nc(C3CC3)ccc2=O)n1. The predicted octanol–water partition coefficient (Wildman–Crippen LogP) is 1.03. The van der Waals surface area contributed by atoms with Gasteiger partial charge in [0.05, 0.1) is 24.9 Å². The molecule has 2 aliphatic rings. The van der Waals surface area contributed by atoms with Crippen LogP contribution >= 0.6 is 0 Å². The fourth-order valence-electron chi connectivity index (χ4n) is 3.03. The van der Waals surface area contributed by atoms with E-state index in [1.807, 2.05) is 31.1 Å². The van der Waals surface area contributed by atoms with Crippen molar-refractivity contribution in [2.75, 3.05) is 37.5 Å². The monoisotopic (exact) mass is 342 g/mol. The highest BCUT2D eigenvalue weighted by Crippen LogP contribution is 2.38. The Morgan fingerprint density at radius 1 is 1.24 bits per heavy atom. The highest BCUT2D eigenvalue weighted by molar-refractivity contribution is 5.41. The summed E-state index contributed by atoms with van der Waals surface area (Å²) >= 11 is 0. The lowest BCUT2D eigenvalue weighted by atomic mass is 10.1. The molecule has 3 heterocycles. The second-order valence-electron chi connectivity index (χ2n) is 6.80. The number of hydrogen-bond donors (Lipinski definition) is 1. The van der Waals surface area contributed by atoms with Gasteiger partial charge >= 0.3 is 0 Å². The smallest absolute Gasteiger partial charge is 0.267 e. The van der Waals surface area contributed by atoms with E-state index in [0.717, 1.165) is 24.4 Å². The molecule has 0 bridgehead atoms. The highest BCUT2D eigenvalue weighted by atomic mass is 16.5. The van der Waals surface area contributed by atoms with E-state index in [1.165, 1.54) is 0 Å². The molecule has 132 valence electrons. The van der Waals surface area contributed by atoms with Crippen molar-refractivity contribution in [1.29, 1.82) is 0 Å². The maximum absolute atomic E-state index is 12.3. The number of nitrogens with one attached hydrogen (secondary N) is 1. The van der Waals surface area contributed by atoms with Crippen LogP contribution in [-0.4, -0.2) is 53.1 Å². The summed E-state index contributed by atoms with van der Waals surface area (Å²) in [5.41, 5.74) is 0.894. The quantitative estimate of drug-likeness (QED) is 0.868. The van der Waals surface area contributed by atoms with E-state index in [4.69, 9.17) is 4.74 Å². The van der Waals surface area contributed by atoms with Crippen molar-refractivity contribution in [1.82, 2.24) is 19.7 Å². The molecule has 2 aromatic rings. The number of anilines is 2. The molecule has 0 amide bonds. The molecule has 0 spiro atoms. The Hall–Kier alpha value is -2.48. The molecular formula is C17H22N6O2. The topological polar surface area (TPSA) is 85.2 Å². The van der Waals surface area contributed by atoms with Crippen LogP contribution in [0.5, 0.6) is 0 Å². The van der Waals surface area contributed by atoms with Crippen molar-refractivity contribution in [3.63, 3.8) is 0 Å². The first-order chi connectivity index (χ1) is 12.1. The van der Waals surface area contributed by atoms with Crippen LogP contribution in [0.25, 0.3) is 0 Å². The number of nitrogens with zero attached hydrogens (tertiary/aromatic N) is 5. The van der Waals surface area contributed by atoms with Crippen LogP contribution < -0.4 is 15.8 Å². The maximum Gasteiger partial charge on any atom is 0.267 e. The lowest BCUT2D eigenvalue weighted by Crippen LogP contribution is -2.37. The van der Waals surface area contributed by atoms with Gasteiger partial charge in [-0.25, -0.2) is 9.67 Å². The van der Waals surface area contributed by atoms with E-state index < -0.39 is 0 Å². The summed E-state index contributed by atoms with van der Waals surface area (Å²) in [6.07, 6.45) is 4.02. The van der Waals surface area contributed by atoms with Gasteiger partial charge in [-0.3, -0.25) is 4.79 Å². The summed E-state index contributed by atoms with van der Waals surface area (Å²) in [5, 5.41) is 7.89. The number of aromatic nitrogens is 4. The highest BCUT2D eigenvalue weighted by Gasteiger charge is 2.33. The van der Waals surface area contributed by atoms with Gasteiger partial charge in [0.15, 0.2) is 0 Å². The van der Waals surface area contributed by atoms with Gasteiger partial charge in [0.25, 0.3) is 5.56 Å². The third-order valence-electron chi connectivity index (χ3n) is 4.62. The van der Waals surface area contributed by atoms with E-state index >= 15 is 0 Å². The van der Waals surface area contributed by atoms with Gasteiger partial charge in [0.2, 0.25) is 5.95 Å². The average Bonchev–Trinajstić information content (AvgIpc) is 3.36. The number of ether oxygens (including phenoxy) is 1. The molecule has 1 N–H and O–H groups in total. The first-order valence-electron chi connectivity index (χ1n) is 8.56. The Labute approximate surface area is 145 Å². The van der Waals surface area contributed by atoms with Crippen molar-refractivity contribution in [3.05, 3.63) is 40.4 Å². The molecule has 0 aromatic carbocycles. The minimum Gasteiger partial charge on any atom is -0.377 e. The zero-order valence-corrected chi connectivity index (χ0v) is 14.4. The Bertz CT molecular complexity index is 817. The second-order valence-corrected chi connectivity index (χ2v) is 6.80. The minimum atomic E-state index is -0.169. The lowest BCUT2D eigenvalue weighted by Gasteiger charge is -2.21. The second kappa shape index (κ2) is 6.44. The first-order valence-corrected chi connectivity index (χ1v) is 8.56. The zero-order valence-electron chi connectivity index (χ0n) is 14.4. The molecular weight excluding hydrogens is 320 g/mol. The zero-order chi connectivity index (χ0) is 17.4. The van der Waals surface area contributed by atoms with Gasteiger partial charge < -0.3 is 15.0 Å². The van der Waals surface area contributed by atoms with Crippen LogP contribution in [-0.2, 0) is 4.74 Å². The molecule has 25 heavy (non-hydrogen) atoms. The van der Waals surface area contributed by atoms with Crippen LogP contribution in [0.2, 0.25) is 0 Å². The van der Waals surface area contributed by atoms with Crippen molar-refractivity contribution in [3.8, 4) is 0 Å². The number of rotatable bonds is 5. The predicted molar refractivity (Wildman–Crippen MR) is 94.1 cm³/mol. The van der Waals surface area contributed by atoms with Crippen molar-refractivity contribution in [2.45, 2.75) is 30.8 Å². The van der Waals surface area contributed by atoms with E-state index in [9.17, 15) is 4.79 Å². The molecule has 1 saturated heterocycles. The average molecular weight is 342 g/mol. The Morgan fingerprint density at radius 3 is 2.84 bits per heavy atom. The minimum absolute atomic E-state index is 0.0999. The molecule has 8 nitrogen and oxygen atoms in total. The fourth-order valence-corrected chi connectivity index (χ4v) is 3.03. The molecule has 1 aliphatic carbocycles. The molecule has 2 fully saturated rings. The van der Waals surface area contributed by atoms with Gasteiger partial charge in [-0.1, -0.05) is 0 Å². The molecule has 2 atom stereocenters. The third-order valence-corrected chi connectivity index (χ3v) is 4.62. The Kier molecular flexibility index (Phi) is 4.12. The molecule has 8 heteroatoms. The van der Waals surface area contributed by atoms with E-state index in [1.54, 1.807) is 16.9 Å². The summed E-state index contributed by atoms with van der Waals surface area (Å²) in [4.78, 5) is 23.0. The van der Waals surface area contributed by atoms with E-state index in [2.05, 4.69) is 20.4 Å². The molecule has 2 aromatic heterocycles. The Morgan fingerprint density at radius 2 is 2.08 bits per heavy atom. The van der Waals surface area contributed by atoms with Gasteiger partial charge in [0.1, 0.15) is 11.9 Å². The van der Waals surface area contributed by atoms with Crippen molar-refractivity contribution >= 4 is 11.8 Å². The molecule has 0 radical (unpaired) electrons. The molecule has 2 unspecified atom stereocenters. The van der Waals surface area contributed by atoms with Crippen LogP contribution in [0.1, 0.15) is 30.5 Å². The van der Waals surface area contributed by atoms with Gasteiger partial charge in [-0.15, -0.1) is 0 Å². The fraction of sp³-hybridized carbons (Fsp3) is 0.529. The number of hydrogen-bond acceptors (Lipinski definition) is 7. The Balaban J connectivity index is 1.57. The normalized spacial score (nSPS) is 22.8. The van der Waals surface area contributed by atoms with Crippen LogP contribution in [0.4, 0.5) is 11.8 Å². The van der Waals surface area contributed by atoms with E-state index in [0.29, 0.717) is 25.1 Å². The summed E-state index contributed by atoms with van der Waals surface area (Å²) in [6, 6.07) is 5.03. The molecule has 1 saturated carbocycles. The largest absolute Gasteiger partial charge is 0.377 e. The lowest BCUT2D eigenvalue weighted by molar-refractivity contribution is 0.182. The van der Waals surface area contributed by atoms with Crippen molar-refractivity contribution < 1.29 is 4.74 Å². The summed E-state index contributed by atoms with van der Waals surface area (Å²) in [6.45, 7) is 0.939. The van der Waals surface area contributed by atoms with E-state index in [-0.39, 0.29) is 17.6 Å². The maximum atomic E-state index is 12.3. The van der Waals surface area contributed by atoms with Gasteiger partial charge in [-0.2, -0.15) is 10.1 Å². The third kappa shape index (κ3) is 3.34.